The molecule has 2 heterocycles. The maximum absolute atomic E-state index is 13.4. The minimum Gasteiger partial charge on any atom is -0.491 e. The lowest BCUT2D eigenvalue weighted by molar-refractivity contribution is 0.298. The van der Waals surface area contributed by atoms with Crippen molar-refractivity contribution in [2.45, 2.75) is 38.1 Å². The fourth-order valence-corrected chi connectivity index (χ4v) is 4.72. The van der Waals surface area contributed by atoms with Gasteiger partial charge in [-0.3, -0.25) is 0 Å². The van der Waals surface area contributed by atoms with E-state index in [0.29, 0.717) is 42.7 Å². The first kappa shape index (κ1) is 24.9. The molecular weight excluding hydrogens is 495 g/mol. The third-order valence-corrected chi connectivity index (χ3v) is 6.58. The van der Waals surface area contributed by atoms with E-state index < -0.39 is 0 Å². The van der Waals surface area contributed by atoms with Crippen molar-refractivity contribution in [2.24, 2.45) is 5.73 Å². The highest BCUT2D eigenvalue weighted by molar-refractivity contribution is 6.28. The smallest absolute Gasteiger partial charge is 0.224 e. The average Bonchev–Trinajstić information content (AvgIpc) is 3.49. The van der Waals surface area contributed by atoms with Crippen LogP contribution in [-0.2, 0) is 6.42 Å². The monoisotopic (exact) mass is 522 g/mol. The minimum atomic E-state index is -0.261. The molecule has 37 heavy (non-hydrogen) atoms. The Morgan fingerprint density at radius 1 is 1.22 bits per heavy atom. The molecule has 1 aliphatic carbocycles. The second-order valence-electron chi connectivity index (χ2n) is 9.09. The number of ether oxygens (including phenoxy) is 1. The number of benzene rings is 2. The van der Waals surface area contributed by atoms with Crippen LogP contribution in [0.25, 0.3) is 5.69 Å². The van der Waals surface area contributed by atoms with Crippen molar-refractivity contribution >= 4 is 23.1 Å². The molecule has 0 saturated heterocycles. The number of anilines is 2. The van der Waals surface area contributed by atoms with Crippen molar-refractivity contribution in [1.82, 2.24) is 24.7 Å². The van der Waals surface area contributed by atoms with Gasteiger partial charge in [-0.2, -0.15) is 5.10 Å². The van der Waals surface area contributed by atoms with Gasteiger partial charge in [0.05, 0.1) is 12.3 Å². The molecular formula is C26H28ClFN8O. The fourth-order valence-electron chi connectivity index (χ4n) is 4.55. The molecule has 0 spiro atoms. The Balaban J connectivity index is 1.21. The van der Waals surface area contributed by atoms with E-state index in [4.69, 9.17) is 27.8 Å². The number of rotatable bonds is 9. The van der Waals surface area contributed by atoms with Crippen LogP contribution in [0.3, 0.4) is 0 Å². The van der Waals surface area contributed by atoms with Gasteiger partial charge in [0.25, 0.3) is 0 Å². The lowest BCUT2D eigenvalue weighted by Gasteiger charge is -2.17. The SMILES string of the molecule is Cc1ncn(-c2ccc(N)cc2OCCC(N)CNc2nc(Cl)nc3c2CCC3c2ccc(F)cc2)n1. The summed E-state index contributed by atoms with van der Waals surface area (Å²) in [7, 11) is 0. The van der Waals surface area contributed by atoms with Gasteiger partial charge in [0.2, 0.25) is 5.28 Å². The quantitative estimate of drug-likeness (QED) is 0.222. The first-order chi connectivity index (χ1) is 17.9. The summed E-state index contributed by atoms with van der Waals surface area (Å²) in [5, 5.41) is 7.87. The van der Waals surface area contributed by atoms with Gasteiger partial charge in [0.1, 0.15) is 35.2 Å². The van der Waals surface area contributed by atoms with Gasteiger partial charge in [0, 0.05) is 35.8 Å². The molecule has 9 nitrogen and oxygen atoms in total. The summed E-state index contributed by atoms with van der Waals surface area (Å²) in [6, 6.07) is 11.7. The first-order valence-corrected chi connectivity index (χ1v) is 12.5. The summed E-state index contributed by atoms with van der Waals surface area (Å²) < 4.78 is 21.1. The van der Waals surface area contributed by atoms with Crippen molar-refractivity contribution in [3.8, 4) is 11.4 Å². The number of nitrogens with one attached hydrogen (secondary N) is 1. The Hall–Kier alpha value is -3.76. The molecule has 2 unspecified atom stereocenters. The number of aromatic nitrogens is 5. The Morgan fingerprint density at radius 3 is 2.78 bits per heavy atom. The number of halogens is 2. The molecule has 192 valence electrons. The zero-order chi connectivity index (χ0) is 25.9. The number of nitrogen functional groups attached to an aromatic ring is 1. The topological polar surface area (TPSA) is 130 Å². The Bertz CT molecular complexity index is 1390. The molecule has 2 aromatic heterocycles. The third kappa shape index (κ3) is 5.65. The first-order valence-electron chi connectivity index (χ1n) is 12.1. The zero-order valence-electron chi connectivity index (χ0n) is 20.4. The van der Waals surface area contributed by atoms with Crippen LogP contribution in [0, 0.1) is 12.7 Å². The van der Waals surface area contributed by atoms with Gasteiger partial charge >= 0.3 is 0 Å². The average molecular weight is 523 g/mol. The molecule has 1 aliphatic rings. The highest BCUT2D eigenvalue weighted by Crippen LogP contribution is 2.40. The van der Waals surface area contributed by atoms with E-state index in [9.17, 15) is 4.39 Å². The molecule has 0 fully saturated rings. The maximum Gasteiger partial charge on any atom is 0.224 e. The van der Waals surface area contributed by atoms with E-state index in [1.165, 1.54) is 12.1 Å². The molecule has 0 radical (unpaired) electrons. The second kappa shape index (κ2) is 10.7. The lowest BCUT2D eigenvalue weighted by Crippen LogP contribution is -2.31. The van der Waals surface area contributed by atoms with Crippen LogP contribution in [0.1, 0.15) is 41.4 Å². The van der Waals surface area contributed by atoms with Crippen molar-refractivity contribution in [3.05, 3.63) is 82.5 Å². The van der Waals surface area contributed by atoms with Gasteiger partial charge < -0.3 is 21.5 Å². The van der Waals surface area contributed by atoms with E-state index in [2.05, 4.69) is 25.4 Å². The van der Waals surface area contributed by atoms with E-state index >= 15 is 0 Å². The number of nitrogens with two attached hydrogens (primary N) is 2. The van der Waals surface area contributed by atoms with E-state index in [1.807, 2.05) is 13.0 Å². The molecule has 5 rings (SSSR count). The number of hydrogen-bond acceptors (Lipinski definition) is 8. The molecule has 11 heteroatoms. The van der Waals surface area contributed by atoms with Crippen LogP contribution in [-0.4, -0.2) is 43.9 Å². The molecule has 0 amide bonds. The summed E-state index contributed by atoms with van der Waals surface area (Å²) in [6.45, 7) is 2.70. The predicted molar refractivity (Wildman–Crippen MR) is 141 cm³/mol. The van der Waals surface area contributed by atoms with Crippen LogP contribution in [0.2, 0.25) is 5.28 Å². The third-order valence-electron chi connectivity index (χ3n) is 6.41. The molecule has 5 N–H and O–H groups in total. The van der Waals surface area contributed by atoms with Gasteiger partial charge in [0.15, 0.2) is 0 Å². The lowest BCUT2D eigenvalue weighted by atomic mass is 9.97. The van der Waals surface area contributed by atoms with Crippen molar-refractivity contribution < 1.29 is 9.13 Å². The van der Waals surface area contributed by atoms with Crippen molar-refractivity contribution in [1.29, 1.82) is 0 Å². The van der Waals surface area contributed by atoms with Crippen molar-refractivity contribution in [2.75, 3.05) is 24.2 Å². The second-order valence-corrected chi connectivity index (χ2v) is 9.43. The molecule has 4 aromatic rings. The van der Waals surface area contributed by atoms with E-state index in [0.717, 1.165) is 35.3 Å². The van der Waals surface area contributed by atoms with Gasteiger partial charge in [-0.05, 0) is 67.6 Å². The molecule has 0 saturated carbocycles. The summed E-state index contributed by atoms with van der Waals surface area (Å²) in [4.78, 5) is 13.1. The van der Waals surface area contributed by atoms with Crippen LogP contribution < -0.4 is 21.5 Å². The molecule has 0 bridgehead atoms. The Morgan fingerprint density at radius 2 is 2.03 bits per heavy atom. The number of fused-ring (bicyclic) bond motifs is 1. The zero-order valence-corrected chi connectivity index (χ0v) is 21.1. The summed E-state index contributed by atoms with van der Waals surface area (Å²) >= 11 is 6.26. The van der Waals surface area contributed by atoms with Gasteiger partial charge in [-0.15, -0.1) is 0 Å². The molecule has 2 atom stereocenters. The highest BCUT2D eigenvalue weighted by Gasteiger charge is 2.29. The van der Waals surface area contributed by atoms with Crippen LogP contribution in [0.15, 0.2) is 48.8 Å². The van der Waals surface area contributed by atoms with Crippen LogP contribution in [0.4, 0.5) is 15.9 Å². The standard InChI is InChI=1S/C26H28ClFN8O/c1-15-32-14-36(35-15)22-9-6-18(29)12-23(22)37-11-10-19(30)13-31-25-21-8-7-20(24(21)33-26(27)34-25)16-2-4-17(28)5-3-16/h2-6,9,12,14,19-20H,7-8,10-11,13,29-30H2,1H3,(H,31,33,34). The van der Waals surface area contributed by atoms with Gasteiger partial charge in [-0.1, -0.05) is 12.1 Å². The number of aryl methyl sites for hydroxylation is 1. The van der Waals surface area contributed by atoms with E-state index in [1.54, 1.807) is 35.3 Å². The normalized spacial score (nSPS) is 15.4. The molecule has 2 aromatic carbocycles. The number of nitrogens with zero attached hydrogens (tertiary/aromatic N) is 5. The largest absolute Gasteiger partial charge is 0.491 e. The van der Waals surface area contributed by atoms with Crippen molar-refractivity contribution in [3.63, 3.8) is 0 Å². The predicted octanol–water partition coefficient (Wildman–Crippen LogP) is 4.03. The fraction of sp³-hybridized carbons (Fsp3) is 0.308. The maximum atomic E-state index is 13.4. The molecule has 0 aliphatic heterocycles. The summed E-state index contributed by atoms with van der Waals surface area (Å²) in [5.41, 5.74) is 16.6. The summed E-state index contributed by atoms with van der Waals surface area (Å²) in [6.07, 6.45) is 3.89. The minimum absolute atomic E-state index is 0.0556. The number of hydrogen-bond donors (Lipinski definition) is 3. The van der Waals surface area contributed by atoms with Gasteiger partial charge in [-0.25, -0.2) is 24.0 Å². The van der Waals surface area contributed by atoms with Crippen LogP contribution >= 0.6 is 11.6 Å². The van der Waals surface area contributed by atoms with E-state index in [-0.39, 0.29) is 23.1 Å². The summed E-state index contributed by atoms with van der Waals surface area (Å²) in [5.74, 6) is 1.76. The Labute approximate surface area is 219 Å². The Kier molecular flexibility index (Phi) is 7.20. The van der Waals surface area contributed by atoms with Crippen LogP contribution in [0.5, 0.6) is 5.75 Å². The highest BCUT2D eigenvalue weighted by atomic mass is 35.5.